The lowest BCUT2D eigenvalue weighted by Gasteiger charge is -2.11. The summed E-state index contributed by atoms with van der Waals surface area (Å²) in [7, 11) is 0. The molecule has 5 nitrogen and oxygen atoms in total. The van der Waals surface area contributed by atoms with E-state index in [4.69, 9.17) is 4.42 Å². The van der Waals surface area contributed by atoms with Gasteiger partial charge in [-0.05, 0) is 19.4 Å². The highest BCUT2D eigenvalue weighted by Crippen LogP contribution is 2.15. The molecule has 1 N–H and O–H groups in total. The fourth-order valence-corrected chi connectivity index (χ4v) is 1.64. The van der Waals surface area contributed by atoms with E-state index in [9.17, 15) is 10.1 Å². The zero-order valence-corrected chi connectivity index (χ0v) is 10.4. The topological polar surface area (TPSA) is 68.3 Å². The van der Waals surface area contributed by atoms with Gasteiger partial charge in [0, 0.05) is 6.04 Å². The van der Waals surface area contributed by atoms with Crippen LogP contribution in [0, 0.1) is 10.1 Å². The Bertz CT molecular complexity index is 349. The zero-order chi connectivity index (χ0) is 12.7. The number of nitro groups is 1. The van der Waals surface area contributed by atoms with Crippen LogP contribution in [0.2, 0.25) is 0 Å². The van der Waals surface area contributed by atoms with Gasteiger partial charge in [-0.25, -0.2) is 0 Å². The van der Waals surface area contributed by atoms with Gasteiger partial charge in [0.25, 0.3) is 0 Å². The lowest BCUT2D eigenvalue weighted by atomic mass is 10.1. The summed E-state index contributed by atoms with van der Waals surface area (Å²) in [5, 5.41) is 13.7. The first-order valence-corrected chi connectivity index (χ1v) is 6.10. The Morgan fingerprint density at radius 3 is 2.82 bits per heavy atom. The van der Waals surface area contributed by atoms with Crippen molar-refractivity contribution in [1.82, 2.24) is 5.32 Å². The molecule has 1 heterocycles. The van der Waals surface area contributed by atoms with Crippen LogP contribution in [0.1, 0.15) is 45.3 Å². The normalized spacial score (nSPS) is 12.6. The van der Waals surface area contributed by atoms with Crippen LogP contribution in [0.4, 0.5) is 5.88 Å². The highest BCUT2D eigenvalue weighted by atomic mass is 16.6. The lowest BCUT2D eigenvalue weighted by Crippen LogP contribution is -2.25. The van der Waals surface area contributed by atoms with Crippen LogP contribution in [0.5, 0.6) is 0 Å². The van der Waals surface area contributed by atoms with Crippen molar-refractivity contribution in [3.8, 4) is 0 Å². The van der Waals surface area contributed by atoms with Crippen molar-refractivity contribution in [1.29, 1.82) is 0 Å². The van der Waals surface area contributed by atoms with Crippen LogP contribution >= 0.6 is 0 Å². The average Bonchev–Trinajstić information content (AvgIpc) is 2.75. The Kier molecular flexibility index (Phi) is 5.69. The molecule has 0 fully saturated rings. The maximum Gasteiger partial charge on any atom is 0.433 e. The SMILES string of the molecule is CCCCCC(C)NCc1ccc([N+](=O)[O-])o1. The van der Waals surface area contributed by atoms with Gasteiger partial charge in [0.1, 0.15) is 10.7 Å². The fourth-order valence-electron chi connectivity index (χ4n) is 1.64. The van der Waals surface area contributed by atoms with Crippen LogP contribution in [0.25, 0.3) is 0 Å². The van der Waals surface area contributed by atoms with E-state index in [0.29, 0.717) is 18.3 Å². The Balaban J connectivity index is 2.26. The standard InChI is InChI=1S/C12H20N2O3/c1-3-4-5-6-10(2)13-9-11-7-8-12(17-11)14(15)16/h7-8,10,13H,3-6,9H2,1-2H3. The van der Waals surface area contributed by atoms with Gasteiger partial charge in [-0.1, -0.05) is 26.2 Å². The van der Waals surface area contributed by atoms with Gasteiger partial charge in [-0.3, -0.25) is 10.1 Å². The predicted octanol–water partition coefficient (Wildman–Crippen LogP) is 3.25. The van der Waals surface area contributed by atoms with Crippen molar-refractivity contribution in [2.45, 2.75) is 52.1 Å². The Hall–Kier alpha value is -1.36. The van der Waals surface area contributed by atoms with Crippen molar-refractivity contribution in [3.63, 3.8) is 0 Å². The molecule has 1 atom stereocenters. The summed E-state index contributed by atoms with van der Waals surface area (Å²) < 4.78 is 5.06. The molecule has 1 rings (SSSR count). The second-order valence-corrected chi connectivity index (χ2v) is 4.27. The van der Waals surface area contributed by atoms with E-state index in [-0.39, 0.29) is 5.88 Å². The van der Waals surface area contributed by atoms with E-state index in [1.165, 1.54) is 25.3 Å². The first-order valence-electron chi connectivity index (χ1n) is 6.10. The molecule has 1 unspecified atom stereocenters. The van der Waals surface area contributed by atoms with Gasteiger partial charge >= 0.3 is 5.88 Å². The third kappa shape index (κ3) is 4.99. The number of unbranched alkanes of at least 4 members (excludes halogenated alkanes) is 2. The van der Waals surface area contributed by atoms with Crippen LogP contribution in [-0.2, 0) is 6.54 Å². The van der Waals surface area contributed by atoms with Crippen molar-refractivity contribution in [2.24, 2.45) is 0 Å². The largest absolute Gasteiger partial charge is 0.433 e. The molecular weight excluding hydrogens is 220 g/mol. The number of hydrogen-bond donors (Lipinski definition) is 1. The molecule has 0 amide bonds. The minimum atomic E-state index is -0.520. The quantitative estimate of drug-likeness (QED) is 0.430. The van der Waals surface area contributed by atoms with Crippen molar-refractivity contribution >= 4 is 5.88 Å². The third-order valence-corrected chi connectivity index (χ3v) is 2.69. The maximum atomic E-state index is 10.4. The van der Waals surface area contributed by atoms with Crippen molar-refractivity contribution in [2.75, 3.05) is 0 Å². The highest BCUT2D eigenvalue weighted by Gasteiger charge is 2.11. The van der Waals surface area contributed by atoms with Gasteiger partial charge in [-0.2, -0.15) is 0 Å². The highest BCUT2D eigenvalue weighted by molar-refractivity contribution is 5.17. The van der Waals surface area contributed by atoms with E-state index in [1.807, 2.05) is 0 Å². The molecule has 0 aliphatic heterocycles. The lowest BCUT2D eigenvalue weighted by molar-refractivity contribution is -0.402. The first kappa shape index (κ1) is 13.7. The summed E-state index contributed by atoms with van der Waals surface area (Å²) in [6.45, 7) is 4.84. The molecule has 0 aromatic carbocycles. The van der Waals surface area contributed by atoms with E-state index in [0.717, 1.165) is 6.42 Å². The van der Waals surface area contributed by atoms with Gasteiger partial charge in [0.2, 0.25) is 0 Å². The van der Waals surface area contributed by atoms with Crippen LogP contribution in [-0.4, -0.2) is 11.0 Å². The van der Waals surface area contributed by atoms with Crippen molar-refractivity contribution < 1.29 is 9.34 Å². The molecule has 0 radical (unpaired) electrons. The second kappa shape index (κ2) is 7.06. The molecule has 0 bridgehead atoms. The smallest absolute Gasteiger partial charge is 0.404 e. The number of nitrogens with one attached hydrogen (secondary N) is 1. The molecule has 0 spiro atoms. The Morgan fingerprint density at radius 1 is 1.47 bits per heavy atom. The monoisotopic (exact) mass is 240 g/mol. The summed E-state index contributed by atoms with van der Waals surface area (Å²) in [5.41, 5.74) is 0. The van der Waals surface area contributed by atoms with Gasteiger partial charge < -0.3 is 9.73 Å². The Labute approximate surface area is 101 Å². The molecular formula is C12H20N2O3. The molecule has 1 aromatic rings. The van der Waals surface area contributed by atoms with Gasteiger partial charge in [0.15, 0.2) is 0 Å². The van der Waals surface area contributed by atoms with Gasteiger partial charge in [-0.15, -0.1) is 0 Å². The molecule has 5 heteroatoms. The fraction of sp³-hybridized carbons (Fsp3) is 0.667. The molecule has 17 heavy (non-hydrogen) atoms. The van der Waals surface area contributed by atoms with Gasteiger partial charge in [0.05, 0.1) is 12.6 Å². The average molecular weight is 240 g/mol. The molecule has 0 aliphatic rings. The maximum absolute atomic E-state index is 10.4. The van der Waals surface area contributed by atoms with E-state index < -0.39 is 4.92 Å². The third-order valence-electron chi connectivity index (χ3n) is 2.69. The minimum absolute atomic E-state index is 0.194. The molecule has 96 valence electrons. The summed E-state index contributed by atoms with van der Waals surface area (Å²) in [6.07, 6.45) is 4.80. The summed E-state index contributed by atoms with van der Waals surface area (Å²) in [5.74, 6) is 0.416. The van der Waals surface area contributed by atoms with Crippen molar-refractivity contribution in [3.05, 3.63) is 28.0 Å². The first-order chi connectivity index (χ1) is 8.13. The number of nitrogens with zero attached hydrogens (tertiary/aromatic N) is 1. The van der Waals surface area contributed by atoms with E-state index >= 15 is 0 Å². The van der Waals surface area contributed by atoms with Crippen LogP contribution in [0.3, 0.4) is 0 Å². The second-order valence-electron chi connectivity index (χ2n) is 4.27. The summed E-state index contributed by atoms with van der Waals surface area (Å²) >= 11 is 0. The van der Waals surface area contributed by atoms with Crippen LogP contribution < -0.4 is 5.32 Å². The van der Waals surface area contributed by atoms with E-state index in [1.54, 1.807) is 6.07 Å². The number of furan rings is 1. The molecule has 0 saturated heterocycles. The zero-order valence-electron chi connectivity index (χ0n) is 10.4. The summed E-state index contributed by atoms with van der Waals surface area (Å²) in [6, 6.07) is 3.44. The number of rotatable bonds is 8. The molecule has 0 saturated carbocycles. The Morgan fingerprint density at radius 2 is 2.24 bits per heavy atom. The summed E-state index contributed by atoms with van der Waals surface area (Å²) in [4.78, 5) is 9.90. The molecule has 0 aliphatic carbocycles. The predicted molar refractivity (Wildman–Crippen MR) is 65.8 cm³/mol. The molecule has 1 aromatic heterocycles. The minimum Gasteiger partial charge on any atom is -0.404 e. The number of hydrogen-bond acceptors (Lipinski definition) is 4. The van der Waals surface area contributed by atoms with Crippen LogP contribution in [0.15, 0.2) is 16.5 Å². The van der Waals surface area contributed by atoms with E-state index in [2.05, 4.69) is 19.2 Å².